The molecule has 1 amide bonds. The van der Waals surface area contributed by atoms with Crippen LogP contribution in [0.2, 0.25) is 0 Å². The molecule has 0 saturated carbocycles. The molecular formula is C9H11NO3. The number of amides is 1. The number of fused-ring (bicyclic) bond motifs is 1. The highest BCUT2D eigenvalue weighted by Crippen LogP contribution is 2.28. The van der Waals surface area contributed by atoms with Crippen molar-refractivity contribution in [2.24, 2.45) is 0 Å². The summed E-state index contributed by atoms with van der Waals surface area (Å²) in [5.41, 5.74) is 0. The molecule has 0 unspecified atom stereocenters. The van der Waals surface area contributed by atoms with Crippen LogP contribution in [0.4, 0.5) is 0 Å². The van der Waals surface area contributed by atoms with Gasteiger partial charge in [-0.3, -0.25) is 4.79 Å². The maximum Gasteiger partial charge on any atom is 0.326 e. The molecule has 0 spiro atoms. The first-order valence-electron chi connectivity index (χ1n) is 4.41. The molecule has 2 heterocycles. The van der Waals surface area contributed by atoms with E-state index in [0.29, 0.717) is 12.8 Å². The van der Waals surface area contributed by atoms with E-state index in [1.54, 1.807) is 0 Å². The van der Waals surface area contributed by atoms with Gasteiger partial charge in [0.25, 0.3) is 0 Å². The first-order valence-corrected chi connectivity index (χ1v) is 4.41. The quantitative estimate of drug-likeness (QED) is 0.595. The second kappa shape index (κ2) is 2.87. The van der Waals surface area contributed by atoms with Crippen molar-refractivity contribution in [1.29, 1.82) is 0 Å². The molecule has 1 saturated heterocycles. The Morgan fingerprint density at radius 1 is 1.54 bits per heavy atom. The second-order valence-corrected chi connectivity index (χ2v) is 3.43. The zero-order valence-electron chi connectivity index (χ0n) is 7.14. The van der Waals surface area contributed by atoms with Gasteiger partial charge in [-0.2, -0.15) is 0 Å². The third-order valence-electron chi connectivity index (χ3n) is 2.65. The molecule has 2 aliphatic heterocycles. The summed E-state index contributed by atoms with van der Waals surface area (Å²) in [5.74, 6) is -0.941. The standard InChI is InChI=1S/C9H11NO3/c11-8-3-1-2-6-4-5-7(9(12)13)10(6)8/h1-2,6-7H,3-5H2,(H,12,13)/t6-,7+/m1/s1. The molecule has 4 heteroatoms. The van der Waals surface area contributed by atoms with Crippen molar-refractivity contribution in [1.82, 2.24) is 4.90 Å². The van der Waals surface area contributed by atoms with Crippen LogP contribution in [0.1, 0.15) is 19.3 Å². The van der Waals surface area contributed by atoms with Crippen LogP contribution in [0.5, 0.6) is 0 Å². The Hall–Kier alpha value is -1.32. The number of hydrogen-bond acceptors (Lipinski definition) is 2. The Morgan fingerprint density at radius 2 is 2.31 bits per heavy atom. The van der Waals surface area contributed by atoms with Crippen LogP contribution < -0.4 is 0 Å². The molecule has 0 aromatic carbocycles. The van der Waals surface area contributed by atoms with Gasteiger partial charge < -0.3 is 10.0 Å². The minimum absolute atomic E-state index is 0.0300. The number of rotatable bonds is 1. The third kappa shape index (κ3) is 1.22. The first-order chi connectivity index (χ1) is 6.20. The lowest BCUT2D eigenvalue weighted by Crippen LogP contribution is -2.45. The van der Waals surface area contributed by atoms with E-state index in [-0.39, 0.29) is 11.9 Å². The molecule has 2 aliphatic rings. The lowest BCUT2D eigenvalue weighted by Gasteiger charge is -2.28. The summed E-state index contributed by atoms with van der Waals surface area (Å²) >= 11 is 0. The van der Waals surface area contributed by atoms with Gasteiger partial charge in [-0.15, -0.1) is 0 Å². The van der Waals surface area contributed by atoms with E-state index in [4.69, 9.17) is 5.11 Å². The van der Waals surface area contributed by atoms with E-state index in [1.165, 1.54) is 4.90 Å². The highest BCUT2D eigenvalue weighted by molar-refractivity contribution is 5.86. The van der Waals surface area contributed by atoms with Gasteiger partial charge >= 0.3 is 5.97 Å². The smallest absolute Gasteiger partial charge is 0.326 e. The molecule has 1 fully saturated rings. The second-order valence-electron chi connectivity index (χ2n) is 3.43. The van der Waals surface area contributed by atoms with E-state index in [0.717, 1.165) is 6.42 Å². The number of carboxylic acids is 1. The Bertz CT molecular complexity index is 285. The summed E-state index contributed by atoms with van der Waals surface area (Å²) in [6.07, 6.45) is 5.47. The number of hydrogen-bond donors (Lipinski definition) is 1. The molecule has 0 aromatic rings. The minimum Gasteiger partial charge on any atom is -0.480 e. The lowest BCUT2D eigenvalue weighted by atomic mass is 10.1. The van der Waals surface area contributed by atoms with Gasteiger partial charge in [0.1, 0.15) is 6.04 Å². The van der Waals surface area contributed by atoms with Crippen LogP contribution in [0.15, 0.2) is 12.2 Å². The molecule has 0 aromatic heterocycles. The van der Waals surface area contributed by atoms with Crippen LogP contribution in [-0.2, 0) is 9.59 Å². The largest absolute Gasteiger partial charge is 0.480 e. The van der Waals surface area contributed by atoms with Crippen LogP contribution in [-0.4, -0.2) is 34.0 Å². The molecular weight excluding hydrogens is 170 g/mol. The fourth-order valence-electron chi connectivity index (χ4n) is 2.06. The number of carbonyl (C=O) groups excluding carboxylic acids is 1. The van der Waals surface area contributed by atoms with Gasteiger partial charge in [0, 0.05) is 6.42 Å². The average molecular weight is 181 g/mol. The molecule has 0 bridgehead atoms. The minimum atomic E-state index is -0.883. The highest BCUT2D eigenvalue weighted by atomic mass is 16.4. The highest BCUT2D eigenvalue weighted by Gasteiger charge is 2.40. The maximum absolute atomic E-state index is 11.4. The SMILES string of the molecule is O=C(O)[C@@H]1CC[C@H]2C=CCC(=O)N21. The zero-order valence-corrected chi connectivity index (χ0v) is 7.14. The first kappa shape index (κ1) is 8.29. The van der Waals surface area contributed by atoms with Gasteiger partial charge in [0.15, 0.2) is 0 Å². The molecule has 70 valence electrons. The molecule has 0 radical (unpaired) electrons. The number of carboxylic acid groups (broad SMARTS) is 1. The summed E-state index contributed by atoms with van der Waals surface area (Å²) < 4.78 is 0. The molecule has 2 rings (SSSR count). The van der Waals surface area contributed by atoms with Gasteiger partial charge in [-0.1, -0.05) is 12.2 Å². The Morgan fingerprint density at radius 3 is 3.00 bits per heavy atom. The van der Waals surface area contributed by atoms with E-state index in [9.17, 15) is 9.59 Å². The molecule has 4 nitrogen and oxygen atoms in total. The van der Waals surface area contributed by atoms with Gasteiger partial charge in [0.2, 0.25) is 5.91 Å². The fourth-order valence-corrected chi connectivity index (χ4v) is 2.06. The molecule has 13 heavy (non-hydrogen) atoms. The van der Waals surface area contributed by atoms with Crippen molar-refractivity contribution in [3.05, 3.63) is 12.2 Å². The van der Waals surface area contributed by atoms with Crippen LogP contribution >= 0.6 is 0 Å². The van der Waals surface area contributed by atoms with Crippen molar-refractivity contribution in [2.75, 3.05) is 0 Å². The van der Waals surface area contributed by atoms with E-state index in [2.05, 4.69) is 0 Å². The van der Waals surface area contributed by atoms with Crippen molar-refractivity contribution in [3.8, 4) is 0 Å². The Labute approximate surface area is 75.8 Å². The van der Waals surface area contributed by atoms with Gasteiger partial charge in [-0.05, 0) is 12.8 Å². The van der Waals surface area contributed by atoms with Crippen LogP contribution in [0, 0.1) is 0 Å². The zero-order chi connectivity index (χ0) is 9.42. The van der Waals surface area contributed by atoms with E-state index < -0.39 is 12.0 Å². The third-order valence-corrected chi connectivity index (χ3v) is 2.65. The topological polar surface area (TPSA) is 57.6 Å². The van der Waals surface area contributed by atoms with Gasteiger partial charge in [-0.25, -0.2) is 4.79 Å². The average Bonchev–Trinajstić information content (AvgIpc) is 2.49. The maximum atomic E-state index is 11.4. The van der Waals surface area contributed by atoms with Crippen molar-refractivity contribution in [3.63, 3.8) is 0 Å². The Balaban J connectivity index is 2.25. The summed E-state index contributed by atoms with van der Waals surface area (Å²) in [6.45, 7) is 0. The predicted molar refractivity (Wildman–Crippen MR) is 45.0 cm³/mol. The summed E-state index contributed by atoms with van der Waals surface area (Å²) in [5, 5.41) is 8.85. The number of nitrogens with zero attached hydrogens (tertiary/aromatic N) is 1. The normalized spacial score (nSPS) is 32.0. The van der Waals surface area contributed by atoms with Gasteiger partial charge in [0.05, 0.1) is 6.04 Å². The van der Waals surface area contributed by atoms with Crippen molar-refractivity contribution in [2.45, 2.75) is 31.3 Å². The number of carbonyl (C=O) groups is 2. The van der Waals surface area contributed by atoms with Crippen molar-refractivity contribution >= 4 is 11.9 Å². The number of aliphatic carboxylic acids is 1. The molecule has 2 atom stereocenters. The van der Waals surface area contributed by atoms with Crippen molar-refractivity contribution < 1.29 is 14.7 Å². The monoisotopic (exact) mass is 181 g/mol. The summed E-state index contributed by atoms with van der Waals surface area (Å²) in [6, 6.07) is -0.565. The molecule has 0 aliphatic carbocycles. The van der Waals surface area contributed by atoms with Crippen LogP contribution in [0.25, 0.3) is 0 Å². The predicted octanol–water partition coefficient (Wildman–Crippen LogP) is 0.391. The molecule has 1 N–H and O–H groups in total. The van der Waals surface area contributed by atoms with E-state index in [1.807, 2.05) is 12.2 Å². The lowest BCUT2D eigenvalue weighted by molar-refractivity contribution is -0.149. The van der Waals surface area contributed by atoms with E-state index >= 15 is 0 Å². The fraction of sp³-hybridized carbons (Fsp3) is 0.556. The van der Waals surface area contributed by atoms with Crippen LogP contribution in [0.3, 0.4) is 0 Å². The summed E-state index contributed by atoms with van der Waals surface area (Å²) in [4.78, 5) is 23.7. The Kier molecular flexibility index (Phi) is 1.83. The summed E-state index contributed by atoms with van der Waals surface area (Å²) in [7, 11) is 0.